The number of carbonyl (C=O) groups is 1. The lowest BCUT2D eigenvalue weighted by molar-refractivity contribution is 0.0180. The largest absolute Gasteiger partial charge is 0.491 e. The van der Waals surface area contributed by atoms with Crippen LogP contribution >= 0.6 is 11.6 Å². The van der Waals surface area contributed by atoms with Gasteiger partial charge in [-0.15, -0.1) is 0 Å². The summed E-state index contributed by atoms with van der Waals surface area (Å²) in [5.41, 5.74) is 2.64. The number of rotatable bonds is 10. The first kappa shape index (κ1) is 30.5. The number of nitrogens with one attached hydrogen (secondary N) is 1. The van der Waals surface area contributed by atoms with Gasteiger partial charge in [0.25, 0.3) is 0 Å². The van der Waals surface area contributed by atoms with Crippen molar-refractivity contribution in [2.24, 2.45) is 11.8 Å². The molecule has 1 amide bonds. The maximum atomic E-state index is 12.4. The zero-order chi connectivity index (χ0) is 29.5. The summed E-state index contributed by atoms with van der Waals surface area (Å²) in [4.78, 5) is 22.7. The highest BCUT2D eigenvalue weighted by molar-refractivity contribution is 6.30. The Morgan fingerprint density at radius 1 is 0.976 bits per heavy atom. The Kier molecular flexibility index (Phi) is 10.2. The fraction of sp³-hybridized carbons (Fsp3) is 0.588. The smallest absolute Gasteiger partial charge is 0.410 e. The number of fused-ring (bicyclic) bond motifs is 1. The van der Waals surface area contributed by atoms with E-state index in [1.807, 2.05) is 49.9 Å². The van der Waals surface area contributed by atoms with E-state index < -0.39 is 5.60 Å². The van der Waals surface area contributed by atoms with Crippen molar-refractivity contribution in [2.45, 2.75) is 97.2 Å². The topological polar surface area (TPSA) is 76.7 Å². The van der Waals surface area contributed by atoms with Crippen molar-refractivity contribution in [3.05, 3.63) is 52.8 Å². The molecule has 0 atom stereocenters. The van der Waals surface area contributed by atoms with Crippen molar-refractivity contribution < 1.29 is 19.0 Å². The van der Waals surface area contributed by atoms with E-state index >= 15 is 0 Å². The molecule has 2 aliphatic rings. The lowest BCUT2D eigenvalue weighted by Gasteiger charge is -2.33. The number of hydrogen-bond donors (Lipinski definition) is 1. The van der Waals surface area contributed by atoms with Crippen LogP contribution in [0, 0.1) is 11.8 Å². The molecule has 42 heavy (non-hydrogen) atoms. The Balaban J connectivity index is 1.21. The minimum Gasteiger partial charge on any atom is -0.491 e. The molecular formula is C34H46ClN3O4. The second kappa shape index (κ2) is 14.0. The molecule has 1 N–H and O–H groups in total. The third-order valence-corrected chi connectivity index (χ3v) is 8.69. The molecule has 7 nitrogen and oxygen atoms in total. The molecule has 1 aromatic heterocycles. The lowest BCUT2D eigenvalue weighted by atomic mass is 9.90. The van der Waals surface area contributed by atoms with Gasteiger partial charge < -0.3 is 24.1 Å². The van der Waals surface area contributed by atoms with Gasteiger partial charge in [-0.1, -0.05) is 36.9 Å². The van der Waals surface area contributed by atoms with E-state index in [1.165, 1.54) is 37.7 Å². The molecule has 1 aliphatic heterocycles. The van der Waals surface area contributed by atoms with Crippen molar-refractivity contribution in [3.8, 4) is 11.5 Å². The number of aromatic nitrogens is 2. The highest BCUT2D eigenvalue weighted by Crippen LogP contribution is 2.33. The van der Waals surface area contributed by atoms with Crippen LogP contribution in [0.3, 0.4) is 0 Å². The Morgan fingerprint density at radius 3 is 2.43 bits per heavy atom. The van der Waals surface area contributed by atoms with Crippen LogP contribution in [0.4, 0.5) is 4.79 Å². The number of H-pyrrole nitrogens is 1. The molecule has 8 heteroatoms. The van der Waals surface area contributed by atoms with Crippen LogP contribution in [0.25, 0.3) is 11.0 Å². The predicted molar refractivity (Wildman–Crippen MR) is 167 cm³/mol. The molecule has 1 aliphatic carbocycles. The monoisotopic (exact) mass is 595 g/mol. The minimum absolute atomic E-state index is 0.189. The van der Waals surface area contributed by atoms with E-state index in [-0.39, 0.29) is 6.09 Å². The summed E-state index contributed by atoms with van der Waals surface area (Å²) in [6, 6.07) is 11.7. The third kappa shape index (κ3) is 8.56. The number of carbonyl (C=O) groups excluding carboxylic acids is 1. The number of ether oxygens (including phenoxy) is 3. The molecule has 2 heterocycles. The second-order valence-electron chi connectivity index (χ2n) is 13.0. The summed E-state index contributed by atoms with van der Waals surface area (Å²) in [6.07, 6.45) is 11.5. The van der Waals surface area contributed by atoms with Gasteiger partial charge in [0.2, 0.25) is 0 Å². The minimum atomic E-state index is -0.454. The molecule has 2 aromatic carbocycles. The van der Waals surface area contributed by atoms with Gasteiger partial charge in [-0.05, 0) is 113 Å². The number of aryl methyl sites for hydroxylation is 1. The number of likely N-dealkylation sites (tertiary alicyclic amines) is 1. The summed E-state index contributed by atoms with van der Waals surface area (Å²) in [7, 11) is 0. The van der Waals surface area contributed by atoms with Gasteiger partial charge in [-0.25, -0.2) is 9.78 Å². The number of nitrogens with zero attached hydrogens (tertiary/aromatic N) is 2. The number of halogens is 1. The summed E-state index contributed by atoms with van der Waals surface area (Å²) in [5, 5.41) is 0.685. The van der Waals surface area contributed by atoms with Crippen LogP contribution in [0.15, 0.2) is 36.4 Å². The first-order valence-corrected chi connectivity index (χ1v) is 16.1. The van der Waals surface area contributed by atoms with E-state index in [2.05, 4.69) is 17.1 Å². The third-order valence-electron chi connectivity index (χ3n) is 8.44. The molecule has 2 fully saturated rings. The molecule has 3 aromatic rings. The molecule has 0 unspecified atom stereocenters. The van der Waals surface area contributed by atoms with Crippen LogP contribution in [-0.4, -0.2) is 46.3 Å². The average molecular weight is 596 g/mol. The van der Waals surface area contributed by atoms with Gasteiger partial charge in [0.05, 0.1) is 12.1 Å². The van der Waals surface area contributed by atoms with Crippen LogP contribution < -0.4 is 9.47 Å². The van der Waals surface area contributed by atoms with Crippen molar-refractivity contribution >= 4 is 28.7 Å². The van der Waals surface area contributed by atoms with E-state index in [0.717, 1.165) is 80.2 Å². The average Bonchev–Trinajstić information content (AvgIpc) is 3.39. The summed E-state index contributed by atoms with van der Waals surface area (Å²) in [6.45, 7) is 8.39. The molecule has 1 saturated carbocycles. The number of piperidine rings is 1. The van der Waals surface area contributed by atoms with Gasteiger partial charge in [0.15, 0.2) is 0 Å². The summed E-state index contributed by atoms with van der Waals surface area (Å²) in [5.74, 6) is 3.69. The highest BCUT2D eigenvalue weighted by atomic mass is 35.5. The molecule has 0 radical (unpaired) electrons. The van der Waals surface area contributed by atoms with Crippen LogP contribution in [0.2, 0.25) is 5.02 Å². The van der Waals surface area contributed by atoms with Gasteiger partial charge in [-0.3, -0.25) is 0 Å². The molecule has 5 rings (SSSR count). The van der Waals surface area contributed by atoms with Crippen molar-refractivity contribution in [3.63, 3.8) is 0 Å². The first-order valence-electron chi connectivity index (χ1n) is 15.7. The van der Waals surface area contributed by atoms with Gasteiger partial charge in [0, 0.05) is 18.1 Å². The number of amides is 1. The van der Waals surface area contributed by atoms with Crippen LogP contribution in [0.5, 0.6) is 11.5 Å². The van der Waals surface area contributed by atoms with E-state index in [1.54, 1.807) is 0 Å². The van der Waals surface area contributed by atoms with E-state index in [0.29, 0.717) is 23.5 Å². The number of aromatic amines is 1. The van der Waals surface area contributed by atoms with Crippen molar-refractivity contribution in [2.75, 3.05) is 19.7 Å². The summed E-state index contributed by atoms with van der Waals surface area (Å²) >= 11 is 6.01. The Morgan fingerprint density at radius 2 is 1.71 bits per heavy atom. The lowest BCUT2D eigenvalue weighted by Crippen LogP contribution is -2.41. The fourth-order valence-corrected chi connectivity index (χ4v) is 6.24. The van der Waals surface area contributed by atoms with E-state index in [4.69, 9.17) is 30.8 Å². The number of benzene rings is 2. The first-order chi connectivity index (χ1) is 20.2. The molecule has 0 bridgehead atoms. The normalized spacial score (nSPS) is 17.0. The summed E-state index contributed by atoms with van der Waals surface area (Å²) < 4.78 is 18.1. The standard InChI is InChI=1S/C34H46ClN3O4/c1-34(2,3)42-33(39)38-20-18-24(19-21-38)10-7-11-26-12-17-29-31(32(26)41-22-25-8-5-4-6-9-25)37-30(36-29)23-40-28-15-13-27(35)14-16-28/h12-17,24-25H,4-11,18-23H2,1-3H3,(H,36,37). The van der Waals surface area contributed by atoms with E-state index in [9.17, 15) is 4.79 Å². The highest BCUT2D eigenvalue weighted by Gasteiger charge is 2.27. The van der Waals surface area contributed by atoms with Crippen LogP contribution in [0.1, 0.15) is 89.9 Å². The molecule has 228 valence electrons. The van der Waals surface area contributed by atoms with Gasteiger partial charge >= 0.3 is 6.09 Å². The zero-order valence-electron chi connectivity index (χ0n) is 25.4. The number of imidazole rings is 1. The Hall–Kier alpha value is -2.93. The molecule has 1 saturated heterocycles. The maximum absolute atomic E-state index is 12.4. The maximum Gasteiger partial charge on any atom is 0.410 e. The Labute approximate surface area is 255 Å². The van der Waals surface area contributed by atoms with Gasteiger partial charge in [0.1, 0.15) is 35.0 Å². The fourth-order valence-electron chi connectivity index (χ4n) is 6.12. The Bertz CT molecular complexity index is 1300. The van der Waals surface area contributed by atoms with Gasteiger partial charge in [-0.2, -0.15) is 0 Å². The number of hydrogen-bond acceptors (Lipinski definition) is 5. The predicted octanol–water partition coefficient (Wildman–Crippen LogP) is 8.72. The molecular weight excluding hydrogens is 550 g/mol. The van der Waals surface area contributed by atoms with Crippen molar-refractivity contribution in [1.82, 2.24) is 14.9 Å². The second-order valence-corrected chi connectivity index (χ2v) is 13.4. The quantitative estimate of drug-likeness (QED) is 0.253. The zero-order valence-corrected chi connectivity index (χ0v) is 26.2. The van der Waals surface area contributed by atoms with Crippen LogP contribution in [-0.2, 0) is 17.8 Å². The van der Waals surface area contributed by atoms with Crippen molar-refractivity contribution in [1.29, 1.82) is 0 Å². The SMILES string of the molecule is CC(C)(C)OC(=O)N1CCC(CCCc2ccc3[nH]c(COc4ccc(Cl)cc4)nc3c2OCC2CCCCC2)CC1. The molecule has 0 spiro atoms.